The predicted molar refractivity (Wildman–Crippen MR) is 47.1 cm³/mol. The molecule has 1 atom stereocenters. The molecular weight excluding hydrogens is 154 g/mol. The van der Waals surface area contributed by atoms with E-state index in [9.17, 15) is 4.79 Å². The maximum atomic E-state index is 10.7. The quantitative estimate of drug-likeness (QED) is 0.690. The average Bonchev–Trinajstić information content (AvgIpc) is 2.51. The first-order chi connectivity index (χ1) is 5.74. The summed E-state index contributed by atoms with van der Waals surface area (Å²) in [6.45, 7) is 4.86. The van der Waals surface area contributed by atoms with Gasteiger partial charge in [0.15, 0.2) is 0 Å². The molecule has 0 aliphatic carbocycles. The summed E-state index contributed by atoms with van der Waals surface area (Å²) in [5.41, 5.74) is 0. The maximum absolute atomic E-state index is 10.7. The van der Waals surface area contributed by atoms with Crippen LogP contribution in [-0.2, 0) is 4.79 Å². The highest BCUT2D eigenvalue weighted by atomic mass is 16.4. The van der Waals surface area contributed by atoms with Crippen molar-refractivity contribution in [3.8, 4) is 0 Å². The van der Waals surface area contributed by atoms with Crippen LogP contribution >= 0.6 is 0 Å². The lowest BCUT2D eigenvalue weighted by Gasteiger charge is -2.18. The lowest BCUT2D eigenvalue weighted by atomic mass is 10.1. The molecule has 0 radical (unpaired) electrons. The van der Waals surface area contributed by atoms with E-state index in [1.165, 1.54) is 12.8 Å². The van der Waals surface area contributed by atoms with Crippen LogP contribution in [0.2, 0.25) is 0 Å². The van der Waals surface area contributed by atoms with Crippen molar-refractivity contribution in [2.75, 3.05) is 19.6 Å². The molecule has 1 fully saturated rings. The molecule has 1 heterocycles. The molecule has 1 unspecified atom stereocenters. The summed E-state index contributed by atoms with van der Waals surface area (Å²) in [5, 5.41) is 8.81. The molecule has 12 heavy (non-hydrogen) atoms. The Hall–Kier alpha value is -0.570. The van der Waals surface area contributed by atoms with E-state index in [0.29, 0.717) is 0 Å². The minimum Gasteiger partial charge on any atom is -0.481 e. The Morgan fingerprint density at radius 1 is 1.50 bits per heavy atom. The number of nitrogens with zero attached hydrogens (tertiary/aromatic N) is 1. The van der Waals surface area contributed by atoms with E-state index in [1.54, 1.807) is 0 Å². The largest absolute Gasteiger partial charge is 0.481 e. The number of carboxylic acid groups (broad SMARTS) is 1. The average molecular weight is 171 g/mol. The highest BCUT2D eigenvalue weighted by molar-refractivity contribution is 5.70. The number of hydrogen-bond donors (Lipinski definition) is 1. The van der Waals surface area contributed by atoms with Gasteiger partial charge in [-0.15, -0.1) is 0 Å². The minimum atomic E-state index is -0.649. The van der Waals surface area contributed by atoms with Gasteiger partial charge in [-0.25, -0.2) is 0 Å². The third kappa shape index (κ3) is 2.48. The Morgan fingerprint density at radius 2 is 2.08 bits per heavy atom. The Kier molecular flexibility index (Phi) is 3.53. The summed E-state index contributed by atoms with van der Waals surface area (Å²) in [4.78, 5) is 12.9. The van der Waals surface area contributed by atoms with E-state index < -0.39 is 5.97 Å². The summed E-state index contributed by atoms with van der Waals surface area (Å²) in [5.74, 6) is -0.812. The third-order valence-electron chi connectivity index (χ3n) is 2.52. The van der Waals surface area contributed by atoms with Gasteiger partial charge in [0.05, 0.1) is 5.92 Å². The van der Waals surface area contributed by atoms with Gasteiger partial charge in [0, 0.05) is 6.54 Å². The molecule has 1 aliphatic rings. The predicted octanol–water partition coefficient (Wildman–Crippen LogP) is 1.19. The number of rotatable bonds is 4. The second-order valence-corrected chi connectivity index (χ2v) is 3.45. The van der Waals surface area contributed by atoms with E-state index in [-0.39, 0.29) is 5.92 Å². The highest BCUT2D eigenvalue weighted by Crippen LogP contribution is 2.12. The zero-order valence-electron chi connectivity index (χ0n) is 7.62. The van der Waals surface area contributed by atoms with Crippen LogP contribution in [0.25, 0.3) is 0 Å². The fourth-order valence-corrected chi connectivity index (χ4v) is 1.66. The molecule has 1 saturated heterocycles. The van der Waals surface area contributed by atoms with Crippen molar-refractivity contribution in [2.24, 2.45) is 5.92 Å². The summed E-state index contributed by atoms with van der Waals surface area (Å²) in [6.07, 6.45) is 3.21. The fourth-order valence-electron chi connectivity index (χ4n) is 1.66. The molecule has 1 aliphatic heterocycles. The van der Waals surface area contributed by atoms with Crippen molar-refractivity contribution in [1.82, 2.24) is 4.90 Å². The van der Waals surface area contributed by atoms with Gasteiger partial charge in [0.25, 0.3) is 0 Å². The van der Waals surface area contributed by atoms with Gasteiger partial charge in [-0.2, -0.15) is 0 Å². The van der Waals surface area contributed by atoms with Crippen LogP contribution < -0.4 is 0 Å². The molecule has 0 spiro atoms. The molecule has 1 rings (SSSR count). The number of aliphatic carboxylic acids is 1. The second-order valence-electron chi connectivity index (χ2n) is 3.45. The van der Waals surface area contributed by atoms with Crippen molar-refractivity contribution in [1.29, 1.82) is 0 Å². The van der Waals surface area contributed by atoms with Crippen LogP contribution in [0.4, 0.5) is 0 Å². The Morgan fingerprint density at radius 3 is 2.50 bits per heavy atom. The lowest BCUT2D eigenvalue weighted by Crippen LogP contribution is -2.30. The zero-order chi connectivity index (χ0) is 8.97. The van der Waals surface area contributed by atoms with Crippen molar-refractivity contribution in [3.63, 3.8) is 0 Å². The molecular formula is C9H17NO2. The Bertz CT molecular complexity index is 153. The van der Waals surface area contributed by atoms with Crippen molar-refractivity contribution >= 4 is 5.97 Å². The molecule has 0 saturated carbocycles. The second kappa shape index (κ2) is 4.45. The molecule has 0 aromatic carbocycles. The number of carbonyl (C=O) groups is 1. The third-order valence-corrected chi connectivity index (χ3v) is 2.52. The van der Waals surface area contributed by atoms with E-state index in [1.807, 2.05) is 6.92 Å². The standard InChI is InChI=1S/C9H17NO2/c1-2-8(9(11)12)7-10-5-3-4-6-10/h8H,2-7H2,1H3,(H,11,12). The topological polar surface area (TPSA) is 40.5 Å². The number of carboxylic acids is 1. The molecule has 0 amide bonds. The molecule has 0 bridgehead atoms. The summed E-state index contributed by atoms with van der Waals surface area (Å²) >= 11 is 0. The molecule has 70 valence electrons. The first-order valence-electron chi connectivity index (χ1n) is 4.69. The van der Waals surface area contributed by atoms with Crippen molar-refractivity contribution in [3.05, 3.63) is 0 Å². The smallest absolute Gasteiger partial charge is 0.307 e. The summed E-state index contributed by atoms with van der Waals surface area (Å²) in [6, 6.07) is 0. The maximum Gasteiger partial charge on any atom is 0.307 e. The first-order valence-corrected chi connectivity index (χ1v) is 4.69. The van der Waals surface area contributed by atoms with Gasteiger partial charge < -0.3 is 10.0 Å². The van der Waals surface area contributed by atoms with Gasteiger partial charge >= 0.3 is 5.97 Å². The first kappa shape index (κ1) is 9.52. The molecule has 0 aromatic rings. The van der Waals surface area contributed by atoms with Crippen LogP contribution in [0.1, 0.15) is 26.2 Å². The molecule has 0 aromatic heterocycles. The number of likely N-dealkylation sites (tertiary alicyclic amines) is 1. The molecule has 1 N–H and O–H groups in total. The van der Waals surface area contributed by atoms with Crippen molar-refractivity contribution in [2.45, 2.75) is 26.2 Å². The van der Waals surface area contributed by atoms with Gasteiger partial charge in [0.1, 0.15) is 0 Å². The van der Waals surface area contributed by atoms with Crippen LogP contribution in [-0.4, -0.2) is 35.6 Å². The molecule has 3 nitrogen and oxygen atoms in total. The number of hydrogen-bond acceptors (Lipinski definition) is 2. The fraction of sp³-hybridized carbons (Fsp3) is 0.889. The lowest BCUT2D eigenvalue weighted by molar-refractivity contribution is -0.142. The van der Waals surface area contributed by atoms with Crippen LogP contribution in [0.15, 0.2) is 0 Å². The Balaban J connectivity index is 2.30. The van der Waals surface area contributed by atoms with E-state index in [4.69, 9.17) is 5.11 Å². The van der Waals surface area contributed by atoms with E-state index >= 15 is 0 Å². The van der Waals surface area contributed by atoms with Gasteiger partial charge in [-0.3, -0.25) is 4.79 Å². The van der Waals surface area contributed by atoms with Crippen LogP contribution in [0.5, 0.6) is 0 Å². The highest BCUT2D eigenvalue weighted by Gasteiger charge is 2.20. The van der Waals surface area contributed by atoms with Gasteiger partial charge in [0.2, 0.25) is 0 Å². The summed E-state index contributed by atoms with van der Waals surface area (Å²) in [7, 11) is 0. The molecule has 3 heteroatoms. The Labute approximate surface area is 73.4 Å². The van der Waals surface area contributed by atoms with E-state index in [2.05, 4.69) is 4.90 Å². The van der Waals surface area contributed by atoms with Crippen LogP contribution in [0, 0.1) is 5.92 Å². The normalized spacial score (nSPS) is 21.1. The van der Waals surface area contributed by atoms with Crippen molar-refractivity contribution < 1.29 is 9.90 Å². The minimum absolute atomic E-state index is 0.164. The van der Waals surface area contributed by atoms with Gasteiger partial charge in [-0.05, 0) is 32.4 Å². The SMILES string of the molecule is CCC(CN1CCCC1)C(=O)O. The zero-order valence-corrected chi connectivity index (χ0v) is 7.62. The summed E-state index contributed by atoms with van der Waals surface area (Å²) < 4.78 is 0. The van der Waals surface area contributed by atoms with E-state index in [0.717, 1.165) is 26.1 Å². The van der Waals surface area contributed by atoms with Gasteiger partial charge in [-0.1, -0.05) is 6.92 Å². The van der Waals surface area contributed by atoms with Crippen LogP contribution in [0.3, 0.4) is 0 Å². The monoisotopic (exact) mass is 171 g/mol.